The molecule has 0 radical (unpaired) electrons. The van der Waals surface area contributed by atoms with Crippen molar-refractivity contribution in [1.29, 1.82) is 5.26 Å². The van der Waals surface area contributed by atoms with Crippen molar-refractivity contribution in [2.24, 2.45) is 0 Å². The minimum atomic E-state index is -2.89. The number of carbonyl (C=O) groups excluding carboxylic acids is 1. The molecule has 0 aromatic heterocycles. The standard InChI is InChI=1S/C16H13F2N3O2/c17-15(18)23-14-7-5-13(6-8-14)21-16(22)20-12-3-1-11(2-4-12)9-10-19/h1-8,15H,9H2,(H2,20,21,22). The summed E-state index contributed by atoms with van der Waals surface area (Å²) in [5, 5.41) is 13.8. The number of amides is 2. The van der Waals surface area contributed by atoms with E-state index in [0.29, 0.717) is 17.8 Å². The van der Waals surface area contributed by atoms with E-state index in [1.165, 1.54) is 24.3 Å². The first-order valence-electron chi connectivity index (χ1n) is 6.65. The molecule has 0 fully saturated rings. The zero-order valence-corrected chi connectivity index (χ0v) is 11.9. The van der Waals surface area contributed by atoms with Crippen molar-refractivity contribution >= 4 is 17.4 Å². The van der Waals surface area contributed by atoms with Crippen LogP contribution >= 0.6 is 0 Å². The summed E-state index contributed by atoms with van der Waals surface area (Å²) in [5.74, 6) is 0.0130. The summed E-state index contributed by atoms with van der Waals surface area (Å²) < 4.78 is 28.3. The van der Waals surface area contributed by atoms with Gasteiger partial charge in [-0.3, -0.25) is 0 Å². The lowest BCUT2D eigenvalue weighted by Gasteiger charge is -2.09. The van der Waals surface area contributed by atoms with Gasteiger partial charge in [0.1, 0.15) is 5.75 Å². The fraction of sp³-hybridized carbons (Fsp3) is 0.125. The number of ether oxygens (including phenoxy) is 1. The zero-order valence-electron chi connectivity index (χ0n) is 11.9. The average molecular weight is 317 g/mol. The number of halogens is 2. The molecule has 2 N–H and O–H groups in total. The molecule has 7 heteroatoms. The molecular formula is C16H13F2N3O2. The first-order chi connectivity index (χ1) is 11.1. The van der Waals surface area contributed by atoms with Crippen molar-refractivity contribution < 1.29 is 18.3 Å². The highest BCUT2D eigenvalue weighted by molar-refractivity contribution is 5.99. The molecule has 2 rings (SSSR count). The summed E-state index contributed by atoms with van der Waals surface area (Å²) in [4.78, 5) is 11.8. The number of hydrogen-bond donors (Lipinski definition) is 2. The molecule has 0 aliphatic carbocycles. The third-order valence-corrected chi connectivity index (χ3v) is 2.83. The first-order valence-corrected chi connectivity index (χ1v) is 6.65. The number of nitrogens with zero attached hydrogens (tertiary/aromatic N) is 1. The lowest BCUT2D eigenvalue weighted by Crippen LogP contribution is -2.19. The Labute approximate surface area is 131 Å². The molecule has 0 atom stereocenters. The quantitative estimate of drug-likeness (QED) is 0.875. The summed E-state index contributed by atoms with van der Waals surface area (Å²) >= 11 is 0. The van der Waals surface area contributed by atoms with E-state index in [1.54, 1.807) is 24.3 Å². The van der Waals surface area contributed by atoms with E-state index in [4.69, 9.17) is 5.26 Å². The predicted molar refractivity (Wildman–Crippen MR) is 81.5 cm³/mol. The summed E-state index contributed by atoms with van der Waals surface area (Å²) in [5.41, 5.74) is 1.86. The van der Waals surface area contributed by atoms with Crippen LogP contribution in [-0.2, 0) is 6.42 Å². The van der Waals surface area contributed by atoms with E-state index < -0.39 is 12.6 Å². The molecule has 0 saturated heterocycles. The number of nitriles is 1. The predicted octanol–water partition coefficient (Wildman–Crippen LogP) is 4.00. The van der Waals surface area contributed by atoms with Gasteiger partial charge in [0.25, 0.3) is 0 Å². The maximum atomic E-state index is 12.0. The Balaban J connectivity index is 1.90. The Morgan fingerprint density at radius 1 is 1.04 bits per heavy atom. The van der Waals surface area contributed by atoms with Gasteiger partial charge in [-0.25, -0.2) is 4.79 Å². The average Bonchev–Trinajstić information content (AvgIpc) is 2.51. The second-order valence-corrected chi connectivity index (χ2v) is 4.51. The molecule has 0 aliphatic rings. The van der Waals surface area contributed by atoms with Crippen LogP contribution in [0.25, 0.3) is 0 Å². The molecule has 2 amide bonds. The molecule has 5 nitrogen and oxygen atoms in total. The minimum absolute atomic E-state index is 0.0130. The summed E-state index contributed by atoms with van der Waals surface area (Å²) in [6.07, 6.45) is 0.305. The van der Waals surface area contributed by atoms with Crippen LogP contribution in [0, 0.1) is 11.3 Å². The van der Waals surface area contributed by atoms with Crippen LogP contribution in [0.3, 0.4) is 0 Å². The number of carbonyl (C=O) groups is 1. The monoisotopic (exact) mass is 317 g/mol. The maximum Gasteiger partial charge on any atom is 0.387 e. The van der Waals surface area contributed by atoms with Gasteiger partial charge in [0.15, 0.2) is 0 Å². The number of nitrogens with one attached hydrogen (secondary N) is 2. The minimum Gasteiger partial charge on any atom is -0.435 e. The van der Waals surface area contributed by atoms with E-state index in [9.17, 15) is 13.6 Å². The fourth-order valence-electron chi connectivity index (χ4n) is 1.81. The Hall–Kier alpha value is -3.14. The molecule has 0 heterocycles. The highest BCUT2D eigenvalue weighted by atomic mass is 19.3. The molecule has 0 aliphatic heterocycles. The van der Waals surface area contributed by atoms with E-state index in [-0.39, 0.29) is 5.75 Å². The van der Waals surface area contributed by atoms with Crippen molar-refractivity contribution in [3.05, 3.63) is 54.1 Å². The van der Waals surface area contributed by atoms with Gasteiger partial charge in [-0.2, -0.15) is 14.0 Å². The molecule has 23 heavy (non-hydrogen) atoms. The smallest absolute Gasteiger partial charge is 0.387 e. The molecule has 0 unspecified atom stereocenters. The molecule has 2 aromatic rings. The van der Waals surface area contributed by atoms with Crippen molar-refractivity contribution in [3.8, 4) is 11.8 Å². The number of anilines is 2. The van der Waals surface area contributed by atoms with Gasteiger partial charge in [0, 0.05) is 11.4 Å². The Bertz CT molecular complexity index is 695. The van der Waals surface area contributed by atoms with E-state index in [2.05, 4.69) is 15.4 Å². The van der Waals surface area contributed by atoms with E-state index in [0.717, 1.165) is 5.56 Å². The lowest BCUT2D eigenvalue weighted by molar-refractivity contribution is -0.0498. The number of urea groups is 1. The highest BCUT2D eigenvalue weighted by Crippen LogP contribution is 2.18. The summed E-state index contributed by atoms with van der Waals surface area (Å²) in [7, 11) is 0. The van der Waals surface area contributed by atoms with Gasteiger partial charge in [0.05, 0.1) is 12.5 Å². The number of alkyl halides is 2. The molecule has 0 spiro atoms. The van der Waals surface area contributed by atoms with Crippen molar-refractivity contribution in [3.63, 3.8) is 0 Å². The van der Waals surface area contributed by atoms with Gasteiger partial charge in [0.2, 0.25) is 0 Å². The second kappa shape index (κ2) is 7.75. The van der Waals surface area contributed by atoms with E-state index in [1.807, 2.05) is 6.07 Å². The van der Waals surface area contributed by atoms with Crippen LogP contribution in [0.5, 0.6) is 5.75 Å². The van der Waals surface area contributed by atoms with Crippen LogP contribution in [0.2, 0.25) is 0 Å². The second-order valence-electron chi connectivity index (χ2n) is 4.51. The van der Waals surface area contributed by atoms with Gasteiger partial charge in [-0.15, -0.1) is 0 Å². The van der Waals surface area contributed by atoms with Crippen LogP contribution in [0.1, 0.15) is 5.56 Å². The number of benzene rings is 2. The summed E-state index contributed by atoms with van der Waals surface area (Å²) in [6.45, 7) is -2.89. The fourth-order valence-corrected chi connectivity index (χ4v) is 1.81. The molecular weight excluding hydrogens is 304 g/mol. The third kappa shape index (κ3) is 5.28. The van der Waals surface area contributed by atoms with Crippen molar-refractivity contribution in [2.75, 3.05) is 10.6 Å². The number of hydrogen-bond acceptors (Lipinski definition) is 3. The lowest BCUT2D eigenvalue weighted by atomic mass is 10.1. The zero-order chi connectivity index (χ0) is 16.7. The van der Waals surface area contributed by atoms with Crippen molar-refractivity contribution in [2.45, 2.75) is 13.0 Å². The molecule has 118 valence electrons. The van der Waals surface area contributed by atoms with Gasteiger partial charge in [-0.05, 0) is 42.0 Å². The van der Waals surface area contributed by atoms with Gasteiger partial charge >= 0.3 is 12.6 Å². The molecule has 2 aromatic carbocycles. The van der Waals surface area contributed by atoms with Crippen LogP contribution < -0.4 is 15.4 Å². The molecule has 0 saturated carbocycles. The Morgan fingerprint density at radius 3 is 2.04 bits per heavy atom. The highest BCUT2D eigenvalue weighted by Gasteiger charge is 2.06. The largest absolute Gasteiger partial charge is 0.435 e. The Morgan fingerprint density at radius 2 is 1.57 bits per heavy atom. The first kappa shape index (κ1) is 16.2. The van der Waals surface area contributed by atoms with Gasteiger partial charge < -0.3 is 15.4 Å². The van der Waals surface area contributed by atoms with Crippen LogP contribution in [0.15, 0.2) is 48.5 Å². The summed E-state index contributed by atoms with van der Waals surface area (Å²) in [6, 6.07) is 14.0. The molecule has 0 bridgehead atoms. The SMILES string of the molecule is N#CCc1ccc(NC(=O)Nc2ccc(OC(F)F)cc2)cc1. The van der Waals surface area contributed by atoms with Crippen molar-refractivity contribution in [1.82, 2.24) is 0 Å². The Kier molecular flexibility index (Phi) is 5.47. The van der Waals surface area contributed by atoms with Gasteiger partial charge in [-0.1, -0.05) is 12.1 Å². The third-order valence-electron chi connectivity index (χ3n) is 2.83. The van der Waals surface area contributed by atoms with E-state index >= 15 is 0 Å². The van der Waals surface area contributed by atoms with Crippen LogP contribution in [0.4, 0.5) is 25.0 Å². The number of rotatable bonds is 5. The normalized spacial score (nSPS) is 10.0. The topological polar surface area (TPSA) is 74.2 Å². The van der Waals surface area contributed by atoms with Crippen LogP contribution in [-0.4, -0.2) is 12.6 Å². The maximum absolute atomic E-state index is 12.0.